The minimum atomic E-state index is -0.308. The topological polar surface area (TPSA) is 58.4 Å². The minimum Gasteiger partial charge on any atom is -0.342 e. The number of hydrogen-bond acceptors (Lipinski definition) is 3. The number of rotatable bonds is 4. The van der Waals surface area contributed by atoms with E-state index < -0.39 is 0 Å². The van der Waals surface area contributed by atoms with Crippen molar-refractivity contribution in [3.05, 3.63) is 18.5 Å². The molecule has 1 aromatic heterocycles. The Morgan fingerprint density at radius 2 is 2.00 bits per heavy atom. The van der Waals surface area contributed by atoms with Crippen LogP contribution in [0.5, 0.6) is 0 Å². The standard InChI is InChI=1S/C20H30N4O2/c25-18(8-14-23-12-5-11-21-23)22-15-10-20(16-22)9-4-13-24(19(20)26)17-6-2-1-3-7-17/h5,11-12,17H,1-4,6-10,13-16H2. The molecular formula is C20H30N4O2. The van der Waals surface area contributed by atoms with Gasteiger partial charge in [0.25, 0.3) is 0 Å². The van der Waals surface area contributed by atoms with Gasteiger partial charge in [-0.25, -0.2) is 0 Å². The zero-order valence-corrected chi connectivity index (χ0v) is 15.6. The molecule has 2 amide bonds. The highest BCUT2D eigenvalue weighted by atomic mass is 16.2. The summed E-state index contributed by atoms with van der Waals surface area (Å²) < 4.78 is 1.79. The van der Waals surface area contributed by atoms with Crippen molar-refractivity contribution >= 4 is 11.8 Å². The van der Waals surface area contributed by atoms with Crippen molar-refractivity contribution in [3.8, 4) is 0 Å². The second-order valence-corrected chi connectivity index (χ2v) is 8.26. The lowest BCUT2D eigenvalue weighted by Gasteiger charge is -2.44. The third-order valence-corrected chi connectivity index (χ3v) is 6.60. The van der Waals surface area contributed by atoms with Crippen LogP contribution in [-0.4, -0.2) is 57.1 Å². The molecule has 1 unspecified atom stereocenters. The molecule has 4 rings (SSSR count). The number of aryl methyl sites for hydroxylation is 1. The lowest BCUT2D eigenvalue weighted by Crippen LogP contribution is -2.54. The molecule has 0 radical (unpaired) electrons. The average Bonchev–Trinajstić information content (AvgIpc) is 3.34. The largest absolute Gasteiger partial charge is 0.342 e. The van der Waals surface area contributed by atoms with Crippen LogP contribution in [0, 0.1) is 5.41 Å². The van der Waals surface area contributed by atoms with Gasteiger partial charge in [0, 0.05) is 51.0 Å². The van der Waals surface area contributed by atoms with E-state index in [1.54, 1.807) is 10.9 Å². The van der Waals surface area contributed by atoms with Crippen molar-refractivity contribution < 1.29 is 9.59 Å². The molecule has 6 nitrogen and oxygen atoms in total. The zero-order chi connectivity index (χ0) is 18.0. The Morgan fingerprint density at radius 1 is 1.15 bits per heavy atom. The maximum atomic E-state index is 13.3. The number of hydrogen-bond donors (Lipinski definition) is 0. The lowest BCUT2D eigenvalue weighted by atomic mass is 9.77. The molecule has 1 saturated carbocycles. The first-order valence-corrected chi connectivity index (χ1v) is 10.2. The monoisotopic (exact) mass is 358 g/mol. The summed E-state index contributed by atoms with van der Waals surface area (Å²) in [6.07, 6.45) is 13.1. The minimum absolute atomic E-state index is 0.153. The molecule has 1 aliphatic carbocycles. The highest BCUT2D eigenvalue weighted by molar-refractivity contribution is 5.86. The van der Waals surface area contributed by atoms with Gasteiger partial charge in [0.1, 0.15) is 0 Å². The van der Waals surface area contributed by atoms with Gasteiger partial charge in [0.2, 0.25) is 11.8 Å². The number of carbonyl (C=O) groups is 2. The average molecular weight is 358 g/mol. The van der Waals surface area contributed by atoms with Gasteiger partial charge in [0.15, 0.2) is 0 Å². The summed E-state index contributed by atoms with van der Waals surface area (Å²) in [5, 5.41) is 4.16. The lowest BCUT2D eigenvalue weighted by molar-refractivity contribution is -0.149. The van der Waals surface area contributed by atoms with Gasteiger partial charge >= 0.3 is 0 Å². The predicted octanol–water partition coefficient (Wildman–Crippen LogP) is 2.45. The molecule has 6 heteroatoms. The molecule has 1 aromatic rings. The van der Waals surface area contributed by atoms with Crippen LogP contribution in [0.3, 0.4) is 0 Å². The number of amides is 2. The normalized spacial score (nSPS) is 27.5. The van der Waals surface area contributed by atoms with E-state index in [1.165, 1.54) is 19.3 Å². The van der Waals surface area contributed by atoms with Crippen molar-refractivity contribution in [1.29, 1.82) is 0 Å². The molecule has 1 spiro atoms. The highest BCUT2D eigenvalue weighted by Gasteiger charge is 2.50. The van der Waals surface area contributed by atoms with Gasteiger partial charge in [-0.1, -0.05) is 19.3 Å². The molecule has 0 bridgehead atoms. The van der Waals surface area contributed by atoms with E-state index in [0.29, 0.717) is 31.5 Å². The molecule has 1 atom stereocenters. The Hall–Kier alpha value is -1.85. The van der Waals surface area contributed by atoms with Crippen LogP contribution in [0.2, 0.25) is 0 Å². The van der Waals surface area contributed by atoms with Gasteiger partial charge in [0.05, 0.1) is 5.41 Å². The summed E-state index contributed by atoms with van der Waals surface area (Å²) >= 11 is 0. The first kappa shape index (κ1) is 17.6. The van der Waals surface area contributed by atoms with Crippen LogP contribution in [0.15, 0.2) is 18.5 Å². The third-order valence-electron chi connectivity index (χ3n) is 6.60. The number of carbonyl (C=O) groups excluding carboxylic acids is 2. The van der Waals surface area contributed by atoms with E-state index in [-0.39, 0.29) is 11.3 Å². The molecule has 142 valence electrons. The van der Waals surface area contributed by atoms with E-state index in [4.69, 9.17) is 0 Å². The molecule has 0 N–H and O–H groups in total. The fourth-order valence-corrected chi connectivity index (χ4v) is 5.11. The maximum absolute atomic E-state index is 13.3. The van der Waals surface area contributed by atoms with Gasteiger partial charge in [-0.15, -0.1) is 0 Å². The summed E-state index contributed by atoms with van der Waals surface area (Å²) in [4.78, 5) is 30.1. The Kier molecular flexibility index (Phi) is 5.00. The summed E-state index contributed by atoms with van der Waals surface area (Å²) in [5.74, 6) is 0.484. The van der Waals surface area contributed by atoms with Crippen molar-refractivity contribution in [1.82, 2.24) is 19.6 Å². The van der Waals surface area contributed by atoms with Crippen LogP contribution in [0.1, 0.15) is 57.8 Å². The van der Waals surface area contributed by atoms with E-state index in [9.17, 15) is 9.59 Å². The van der Waals surface area contributed by atoms with Crippen molar-refractivity contribution in [2.75, 3.05) is 19.6 Å². The van der Waals surface area contributed by atoms with Crippen molar-refractivity contribution in [2.45, 2.75) is 70.4 Å². The van der Waals surface area contributed by atoms with E-state index in [2.05, 4.69) is 10.00 Å². The molecule has 2 aliphatic heterocycles. The van der Waals surface area contributed by atoms with Gasteiger partial charge in [-0.2, -0.15) is 5.10 Å². The molecule has 3 aliphatic rings. The van der Waals surface area contributed by atoms with E-state index >= 15 is 0 Å². The quantitative estimate of drug-likeness (QED) is 0.831. The number of aromatic nitrogens is 2. The van der Waals surface area contributed by atoms with Crippen LogP contribution >= 0.6 is 0 Å². The summed E-state index contributed by atoms with van der Waals surface area (Å²) in [6, 6.07) is 2.31. The fraction of sp³-hybridized carbons (Fsp3) is 0.750. The number of nitrogens with zero attached hydrogens (tertiary/aromatic N) is 4. The number of piperidine rings is 1. The summed E-state index contributed by atoms with van der Waals surface area (Å²) in [6.45, 7) is 2.87. The Labute approximate surface area is 155 Å². The molecule has 3 heterocycles. The smallest absolute Gasteiger partial charge is 0.230 e. The molecule has 0 aromatic carbocycles. The van der Waals surface area contributed by atoms with Crippen LogP contribution in [0.4, 0.5) is 0 Å². The molecule has 3 fully saturated rings. The Bertz CT molecular complexity index is 638. The van der Waals surface area contributed by atoms with Crippen LogP contribution in [0.25, 0.3) is 0 Å². The first-order valence-electron chi connectivity index (χ1n) is 10.2. The maximum Gasteiger partial charge on any atom is 0.230 e. The summed E-state index contributed by atoms with van der Waals surface area (Å²) in [5.41, 5.74) is -0.308. The molecule has 2 saturated heterocycles. The van der Waals surface area contributed by atoms with Crippen molar-refractivity contribution in [3.63, 3.8) is 0 Å². The first-order chi connectivity index (χ1) is 12.7. The zero-order valence-electron chi connectivity index (χ0n) is 15.6. The van der Waals surface area contributed by atoms with E-state index in [0.717, 1.165) is 45.2 Å². The van der Waals surface area contributed by atoms with Crippen molar-refractivity contribution in [2.24, 2.45) is 5.41 Å². The second kappa shape index (κ2) is 7.41. The van der Waals surface area contributed by atoms with E-state index in [1.807, 2.05) is 17.2 Å². The highest BCUT2D eigenvalue weighted by Crippen LogP contribution is 2.42. The molecule has 26 heavy (non-hydrogen) atoms. The van der Waals surface area contributed by atoms with Crippen LogP contribution < -0.4 is 0 Å². The SMILES string of the molecule is O=C(CCn1cccn1)N1CCC2(CCCN(C3CCCCC3)C2=O)C1. The second-order valence-electron chi connectivity index (χ2n) is 8.26. The Balaban J connectivity index is 1.37. The van der Waals surface area contributed by atoms with Gasteiger partial charge < -0.3 is 9.80 Å². The summed E-state index contributed by atoms with van der Waals surface area (Å²) in [7, 11) is 0. The fourth-order valence-electron chi connectivity index (χ4n) is 5.11. The molecular weight excluding hydrogens is 328 g/mol. The van der Waals surface area contributed by atoms with Crippen LogP contribution in [-0.2, 0) is 16.1 Å². The number of likely N-dealkylation sites (tertiary alicyclic amines) is 2. The third kappa shape index (κ3) is 3.38. The van der Waals surface area contributed by atoms with Gasteiger partial charge in [-0.3, -0.25) is 14.3 Å². The van der Waals surface area contributed by atoms with Gasteiger partial charge in [-0.05, 0) is 38.2 Å². The Morgan fingerprint density at radius 3 is 2.77 bits per heavy atom. The predicted molar refractivity (Wildman–Crippen MR) is 98.3 cm³/mol.